The third kappa shape index (κ3) is 2.73. The van der Waals surface area contributed by atoms with Crippen LogP contribution < -0.4 is 5.32 Å². The third-order valence-corrected chi connectivity index (χ3v) is 4.40. The summed E-state index contributed by atoms with van der Waals surface area (Å²) in [5.74, 6) is 0. The second-order valence-electron chi connectivity index (χ2n) is 5.95. The maximum atomic E-state index is 10.8. The van der Waals surface area contributed by atoms with Gasteiger partial charge in [-0.2, -0.15) is 0 Å². The van der Waals surface area contributed by atoms with Crippen LogP contribution in [0, 0.1) is 0 Å². The highest BCUT2D eigenvalue weighted by atomic mass is 16.3. The Morgan fingerprint density at radius 1 is 1.28 bits per heavy atom. The van der Waals surface area contributed by atoms with Gasteiger partial charge < -0.3 is 10.4 Å². The number of pyridine rings is 1. The summed E-state index contributed by atoms with van der Waals surface area (Å²) in [5, 5.41) is 14.4. The lowest BCUT2D eigenvalue weighted by molar-refractivity contribution is -0.0370. The van der Waals surface area contributed by atoms with Crippen molar-refractivity contribution in [3.63, 3.8) is 0 Å². The first-order valence-corrected chi connectivity index (χ1v) is 7.12. The lowest BCUT2D eigenvalue weighted by Gasteiger charge is -2.45. The molecule has 2 aliphatic heterocycles. The standard InChI is InChI=1S/C15H22N2O/c18-15(8-7-12-4-1-2-9-16-12)10-13-5-3-6-14(11-15)17-13/h1-2,4,9,13-14,17-18H,3,5-8,10-11H2. The van der Waals surface area contributed by atoms with Gasteiger partial charge in [-0.3, -0.25) is 4.98 Å². The molecule has 3 heteroatoms. The number of fused-ring (bicyclic) bond motifs is 2. The van der Waals surface area contributed by atoms with E-state index in [9.17, 15) is 5.11 Å². The number of aryl methyl sites for hydroxylation is 1. The van der Waals surface area contributed by atoms with Crippen LogP contribution in [0.2, 0.25) is 0 Å². The van der Waals surface area contributed by atoms with Crippen molar-refractivity contribution in [1.82, 2.24) is 10.3 Å². The molecule has 0 aromatic carbocycles. The number of hydrogen-bond acceptors (Lipinski definition) is 3. The van der Waals surface area contributed by atoms with Gasteiger partial charge in [0.05, 0.1) is 5.60 Å². The Labute approximate surface area is 109 Å². The molecule has 2 unspecified atom stereocenters. The smallest absolute Gasteiger partial charge is 0.0681 e. The van der Waals surface area contributed by atoms with Crippen LogP contribution in [0.25, 0.3) is 0 Å². The molecule has 0 amide bonds. The summed E-state index contributed by atoms with van der Waals surface area (Å²) in [4.78, 5) is 4.34. The number of piperidine rings is 2. The molecular formula is C15H22N2O. The summed E-state index contributed by atoms with van der Waals surface area (Å²) in [6.07, 6.45) is 9.15. The third-order valence-electron chi connectivity index (χ3n) is 4.40. The fourth-order valence-corrected chi connectivity index (χ4v) is 3.54. The number of aromatic nitrogens is 1. The molecule has 18 heavy (non-hydrogen) atoms. The van der Waals surface area contributed by atoms with Crippen LogP contribution >= 0.6 is 0 Å². The van der Waals surface area contributed by atoms with Crippen molar-refractivity contribution >= 4 is 0 Å². The van der Waals surface area contributed by atoms with E-state index in [1.807, 2.05) is 24.4 Å². The summed E-state index contributed by atoms with van der Waals surface area (Å²) in [7, 11) is 0. The average molecular weight is 246 g/mol. The topological polar surface area (TPSA) is 45.2 Å². The number of rotatable bonds is 3. The maximum absolute atomic E-state index is 10.8. The van der Waals surface area contributed by atoms with Crippen LogP contribution in [0.1, 0.15) is 44.2 Å². The van der Waals surface area contributed by atoms with Crippen LogP contribution in [0.5, 0.6) is 0 Å². The number of nitrogens with zero attached hydrogens (tertiary/aromatic N) is 1. The summed E-state index contributed by atoms with van der Waals surface area (Å²) in [5.41, 5.74) is 0.619. The van der Waals surface area contributed by atoms with E-state index >= 15 is 0 Å². The van der Waals surface area contributed by atoms with Crippen molar-refractivity contribution < 1.29 is 5.11 Å². The Morgan fingerprint density at radius 3 is 2.72 bits per heavy atom. The van der Waals surface area contributed by atoms with E-state index in [4.69, 9.17) is 0 Å². The van der Waals surface area contributed by atoms with Gasteiger partial charge in [0, 0.05) is 24.0 Å². The van der Waals surface area contributed by atoms with Gasteiger partial charge in [0.1, 0.15) is 0 Å². The monoisotopic (exact) mass is 246 g/mol. The molecule has 0 spiro atoms. The second-order valence-corrected chi connectivity index (χ2v) is 5.95. The minimum atomic E-state index is -0.474. The Morgan fingerprint density at radius 2 is 2.06 bits per heavy atom. The quantitative estimate of drug-likeness (QED) is 0.858. The van der Waals surface area contributed by atoms with Gasteiger partial charge in [-0.25, -0.2) is 0 Å². The first-order valence-electron chi connectivity index (χ1n) is 7.12. The molecule has 2 N–H and O–H groups in total. The molecule has 2 atom stereocenters. The van der Waals surface area contributed by atoms with Crippen molar-refractivity contribution in [3.05, 3.63) is 30.1 Å². The number of hydrogen-bond donors (Lipinski definition) is 2. The summed E-state index contributed by atoms with van der Waals surface area (Å²) >= 11 is 0. The van der Waals surface area contributed by atoms with Crippen molar-refractivity contribution in [1.29, 1.82) is 0 Å². The fourth-order valence-electron chi connectivity index (χ4n) is 3.54. The van der Waals surface area contributed by atoms with E-state index in [-0.39, 0.29) is 0 Å². The number of aliphatic hydroxyl groups is 1. The molecule has 2 saturated heterocycles. The zero-order valence-corrected chi connectivity index (χ0v) is 10.8. The van der Waals surface area contributed by atoms with E-state index in [0.717, 1.165) is 31.4 Å². The molecule has 0 aliphatic carbocycles. The van der Waals surface area contributed by atoms with Gasteiger partial charge in [-0.1, -0.05) is 12.5 Å². The lowest BCUT2D eigenvalue weighted by Crippen LogP contribution is -2.55. The molecule has 2 bridgehead atoms. The van der Waals surface area contributed by atoms with Crippen LogP contribution in [-0.4, -0.2) is 27.8 Å². The molecule has 1 aromatic heterocycles. The van der Waals surface area contributed by atoms with Gasteiger partial charge in [-0.15, -0.1) is 0 Å². The van der Waals surface area contributed by atoms with Crippen LogP contribution in [-0.2, 0) is 6.42 Å². The Bertz CT molecular complexity index is 381. The molecule has 3 heterocycles. The van der Waals surface area contributed by atoms with E-state index in [2.05, 4.69) is 10.3 Å². The zero-order valence-electron chi connectivity index (χ0n) is 10.8. The maximum Gasteiger partial charge on any atom is 0.0681 e. The van der Waals surface area contributed by atoms with Gasteiger partial charge in [-0.05, 0) is 50.7 Å². The number of nitrogens with one attached hydrogen (secondary N) is 1. The Balaban J connectivity index is 1.61. The predicted molar refractivity (Wildman–Crippen MR) is 71.3 cm³/mol. The van der Waals surface area contributed by atoms with Gasteiger partial charge in [0.15, 0.2) is 0 Å². The van der Waals surface area contributed by atoms with Crippen molar-refractivity contribution in [2.75, 3.05) is 0 Å². The fraction of sp³-hybridized carbons (Fsp3) is 0.667. The lowest BCUT2D eigenvalue weighted by atomic mass is 9.75. The molecule has 98 valence electrons. The summed E-state index contributed by atoms with van der Waals surface area (Å²) < 4.78 is 0. The molecule has 0 radical (unpaired) electrons. The minimum Gasteiger partial charge on any atom is -0.390 e. The highest BCUT2D eigenvalue weighted by molar-refractivity contribution is 5.06. The molecular weight excluding hydrogens is 224 g/mol. The van der Waals surface area contributed by atoms with Gasteiger partial charge >= 0.3 is 0 Å². The van der Waals surface area contributed by atoms with Crippen molar-refractivity contribution in [3.8, 4) is 0 Å². The highest BCUT2D eigenvalue weighted by Crippen LogP contribution is 2.35. The molecule has 3 nitrogen and oxygen atoms in total. The van der Waals surface area contributed by atoms with E-state index < -0.39 is 5.60 Å². The predicted octanol–water partition coefficient (Wildman–Crippen LogP) is 2.05. The largest absolute Gasteiger partial charge is 0.390 e. The summed E-state index contributed by atoms with van der Waals surface area (Å²) in [6.45, 7) is 0. The second kappa shape index (κ2) is 4.98. The van der Waals surface area contributed by atoms with Crippen LogP contribution in [0.3, 0.4) is 0 Å². The molecule has 3 rings (SSSR count). The van der Waals surface area contributed by atoms with Crippen molar-refractivity contribution in [2.24, 2.45) is 0 Å². The molecule has 0 saturated carbocycles. The first kappa shape index (κ1) is 12.1. The van der Waals surface area contributed by atoms with E-state index in [0.29, 0.717) is 12.1 Å². The highest BCUT2D eigenvalue weighted by Gasteiger charge is 2.40. The molecule has 2 fully saturated rings. The van der Waals surface area contributed by atoms with Gasteiger partial charge in [0.2, 0.25) is 0 Å². The summed E-state index contributed by atoms with van der Waals surface area (Å²) in [6, 6.07) is 7.07. The van der Waals surface area contributed by atoms with E-state index in [1.165, 1.54) is 19.3 Å². The normalized spacial score (nSPS) is 35.4. The Kier molecular flexibility index (Phi) is 3.35. The molecule has 1 aromatic rings. The zero-order chi connectivity index (χ0) is 12.4. The Hall–Kier alpha value is -0.930. The average Bonchev–Trinajstić information content (AvgIpc) is 2.37. The SMILES string of the molecule is OC1(CCc2ccccn2)CC2CCCC(C1)N2. The van der Waals surface area contributed by atoms with Gasteiger partial charge in [0.25, 0.3) is 0 Å². The first-order chi connectivity index (χ1) is 8.73. The van der Waals surface area contributed by atoms with Crippen molar-refractivity contribution in [2.45, 2.75) is 62.6 Å². The van der Waals surface area contributed by atoms with Crippen LogP contribution in [0.4, 0.5) is 0 Å². The van der Waals surface area contributed by atoms with E-state index in [1.54, 1.807) is 0 Å². The molecule has 2 aliphatic rings. The minimum absolute atomic E-state index is 0.474. The van der Waals surface area contributed by atoms with Crippen LogP contribution in [0.15, 0.2) is 24.4 Å².